The van der Waals surface area contributed by atoms with Crippen molar-refractivity contribution in [1.29, 1.82) is 0 Å². The molecule has 2 aromatic rings. The number of nitrogens with zero attached hydrogens (tertiary/aromatic N) is 1. The van der Waals surface area contributed by atoms with E-state index >= 15 is 0 Å². The van der Waals surface area contributed by atoms with Crippen LogP contribution in [0.25, 0.3) is 0 Å². The van der Waals surface area contributed by atoms with Crippen LogP contribution >= 0.6 is 15.9 Å². The molecule has 0 amide bonds. The van der Waals surface area contributed by atoms with E-state index < -0.39 is 0 Å². The molecule has 0 aliphatic carbocycles. The first-order chi connectivity index (χ1) is 9.60. The van der Waals surface area contributed by atoms with E-state index in [0.717, 1.165) is 16.6 Å². The summed E-state index contributed by atoms with van der Waals surface area (Å²) in [6.45, 7) is 4.21. The first-order valence-electron chi connectivity index (χ1n) is 6.73. The molecule has 0 saturated heterocycles. The van der Waals surface area contributed by atoms with Gasteiger partial charge in [-0.25, -0.2) is 4.39 Å². The maximum atomic E-state index is 12.9. The highest BCUT2D eigenvalue weighted by Gasteiger charge is 2.14. The van der Waals surface area contributed by atoms with Crippen molar-refractivity contribution >= 4 is 15.9 Å². The van der Waals surface area contributed by atoms with E-state index in [9.17, 15) is 4.39 Å². The number of benzene rings is 1. The Balaban J connectivity index is 2.09. The summed E-state index contributed by atoms with van der Waals surface area (Å²) < 4.78 is 14.0. The molecular weight excluding hydrogens is 319 g/mol. The number of hydrogen-bond acceptors (Lipinski definition) is 2. The van der Waals surface area contributed by atoms with Crippen LogP contribution in [0.1, 0.15) is 43.6 Å². The number of aromatic nitrogens is 1. The smallest absolute Gasteiger partial charge is 0.141 e. The van der Waals surface area contributed by atoms with Crippen molar-refractivity contribution < 1.29 is 4.39 Å². The minimum atomic E-state index is -0.301. The molecule has 2 atom stereocenters. The third kappa shape index (κ3) is 3.87. The van der Waals surface area contributed by atoms with E-state index in [1.54, 1.807) is 6.07 Å². The van der Waals surface area contributed by atoms with Crippen molar-refractivity contribution in [2.45, 2.75) is 32.4 Å². The third-order valence-electron chi connectivity index (χ3n) is 3.34. The van der Waals surface area contributed by atoms with Crippen molar-refractivity contribution in [1.82, 2.24) is 10.3 Å². The van der Waals surface area contributed by atoms with Crippen LogP contribution in [-0.4, -0.2) is 4.98 Å². The Bertz CT molecular complexity index is 539. The quantitative estimate of drug-likeness (QED) is 0.849. The van der Waals surface area contributed by atoms with Crippen LogP contribution in [0.3, 0.4) is 0 Å². The minimum Gasteiger partial charge on any atom is -0.302 e. The molecule has 0 saturated carbocycles. The molecule has 106 valence electrons. The molecule has 0 radical (unpaired) electrons. The second-order valence-electron chi connectivity index (χ2n) is 4.80. The van der Waals surface area contributed by atoms with Crippen molar-refractivity contribution in [3.8, 4) is 0 Å². The van der Waals surface area contributed by atoms with E-state index in [0.29, 0.717) is 0 Å². The highest BCUT2D eigenvalue weighted by Crippen LogP contribution is 2.22. The summed E-state index contributed by atoms with van der Waals surface area (Å²) in [6.07, 6.45) is 2.17. The van der Waals surface area contributed by atoms with Crippen LogP contribution in [0.2, 0.25) is 0 Å². The van der Waals surface area contributed by atoms with Gasteiger partial charge in [-0.3, -0.25) is 4.98 Å². The summed E-state index contributed by atoms with van der Waals surface area (Å²) in [6, 6.07) is 11.8. The lowest BCUT2D eigenvalue weighted by molar-refractivity contribution is 0.447. The molecule has 0 bridgehead atoms. The Labute approximate surface area is 127 Å². The highest BCUT2D eigenvalue weighted by molar-refractivity contribution is 9.10. The molecule has 4 heteroatoms. The molecule has 1 heterocycles. The first-order valence-corrected chi connectivity index (χ1v) is 7.52. The Morgan fingerprint density at radius 2 is 1.90 bits per heavy atom. The van der Waals surface area contributed by atoms with Gasteiger partial charge in [0.15, 0.2) is 0 Å². The lowest BCUT2D eigenvalue weighted by Gasteiger charge is -2.22. The van der Waals surface area contributed by atoms with Gasteiger partial charge in [-0.15, -0.1) is 0 Å². The average Bonchev–Trinajstić information content (AvgIpc) is 2.46. The van der Waals surface area contributed by atoms with E-state index in [1.165, 1.54) is 17.8 Å². The fraction of sp³-hybridized carbons (Fsp3) is 0.312. The second-order valence-corrected chi connectivity index (χ2v) is 5.72. The zero-order valence-corrected chi connectivity index (χ0v) is 13.2. The molecule has 1 aromatic carbocycles. The van der Waals surface area contributed by atoms with Gasteiger partial charge in [0.05, 0.1) is 11.9 Å². The zero-order chi connectivity index (χ0) is 14.5. The van der Waals surface area contributed by atoms with Crippen molar-refractivity contribution in [2.75, 3.05) is 0 Å². The van der Waals surface area contributed by atoms with Gasteiger partial charge in [-0.2, -0.15) is 0 Å². The fourth-order valence-electron chi connectivity index (χ4n) is 2.16. The zero-order valence-electron chi connectivity index (χ0n) is 11.6. The number of pyridine rings is 1. The molecule has 20 heavy (non-hydrogen) atoms. The normalized spacial score (nSPS) is 14.0. The predicted molar refractivity (Wildman–Crippen MR) is 82.9 cm³/mol. The Hall–Kier alpha value is -1.26. The van der Waals surface area contributed by atoms with E-state index in [-0.39, 0.29) is 17.9 Å². The van der Waals surface area contributed by atoms with Crippen molar-refractivity contribution in [3.05, 3.63) is 64.1 Å². The Kier molecular flexibility index (Phi) is 5.26. The fourth-order valence-corrected chi connectivity index (χ4v) is 2.42. The molecule has 2 nitrogen and oxygen atoms in total. The maximum absolute atomic E-state index is 12.9. The lowest BCUT2D eigenvalue weighted by Crippen LogP contribution is -2.25. The summed E-state index contributed by atoms with van der Waals surface area (Å²) in [5.74, 6) is -0.301. The molecular formula is C16H18BrFN2. The SMILES string of the molecule is CCC(N[C@H](C)c1ccc(Br)cc1)c1ccc(F)cn1. The van der Waals surface area contributed by atoms with Crippen LogP contribution in [0, 0.1) is 5.82 Å². The van der Waals surface area contributed by atoms with Gasteiger partial charge in [0.25, 0.3) is 0 Å². The maximum Gasteiger partial charge on any atom is 0.141 e. The van der Waals surface area contributed by atoms with E-state index in [2.05, 4.69) is 52.2 Å². The van der Waals surface area contributed by atoms with Gasteiger partial charge in [0.1, 0.15) is 5.82 Å². The summed E-state index contributed by atoms with van der Waals surface area (Å²) in [4.78, 5) is 4.17. The average molecular weight is 337 g/mol. The van der Waals surface area contributed by atoms with Crippen LogP contribution < -0.4 is 5.32 Å². The molecule has 0 spiro atoms. The molecule has 0 aliphatic heterocycles. The topological polar surface area (TPSA) is 24.9 Å². The molecule has 1 aromatic heterocycles. The molecule has 0 aliphatic rings. The summed E-state index contributed by atoms with van der Waals surface area (Å²) >= 11 is 3.44. The van der Waals surface area contributed by atoms with Crippen LogP contribution in [-0.2, 0) is 0 Å². The lowest BCUT2D eigenvalue weighted by atomic mass is 10.0. The van der Waals surface area contributed by atoms with E-state index in [4.69, 9.17) is 0 Å². The summed E-state index contributed by atoms with van der Waals surface area (Å²) in [5, 5.41) is 3.54. The standard InChI is InChI=1S/C16H18BrFN2/c1-3-15(16-9-8-14(18)10-19-16)20-11(2)12-4-6-13(17)7-5-12/h4-11,15,20H,3H2,1-2H3/t11-,15?/m1/s1. The van der Waals surface area contributed by atoms with Gasteiger partial charge >= 0.3 is 0 Å². The minimum absolute atomic E-state index is 0.120. The highest BCUT2D eigenvalue weighted by atomic mass is 79.9. The summed E-state index contributed by atoms with van der Waals surface area (Å²) in [5.41, 5.74) is 2.09. The number of rotatable bonds is 5. The van der Waals surface area contributed by atoms with Crippen molar-refractivity contribution in [3.63, 3.8) is 0 Å². The number of nitrogens with one attached hydrogen (secondary N) is 1. The van der Waals surface area contributed by atoms with Gasteiger partial charge in [0.2, 0.25) is 0 Å². The molecule has 2 rings (SSSR count). The largest absolute Gasteiger partial charge is 0.302 e. The number of hydrogen-bond donors (Lipinski definition) is 1. The molecule has 1 N–H and O–H groups in total. The monoisotopic (exact) mass is 336 g/mol. The second kappa shape index (κ2) is 6.95. The molecule has 1 unspecified atom stereocenters. The third-order valence-corrected chi connectivity index (χ3v) is 3.87. The van der Waals surface area contributed by atoms with E-state index in [1.807, 2.05) is 12.1 Å². The number of halogens is 2. The predicted octanol–water partition coefficient (Wildman–Crippen LogP) is 4.79. The van der Waals surface area contributed by atoms with Gasteiger partial charge in [-0.05, 0) is 43.2 Å². The summed E-state index contributed by atoms with van der Waals surface area (Å²) in [7, 11) is 0. The van der Waals surface area contributed by atoms with Crippen LogP contribution in [0.4, 0.5) is 4.39 Å². The molecule has 0 fully saturated rings. The van der Waals surface area contributed by atoms with Gasteiger partial charge in [-0.1, -0.05) is 35.0 Å². The van der Waals surface area contributed by atoms with Gasteiger partial charge in [0, 0.05) is 16.6 Å². The van der Waals surface area contributed by atoms with Crippen LogP contribution in [0.15, 0.2) is 47.1 Å². The van der Waals surface area contributed by atoms with Crippen molar-refractivity contribution in [2.24, 2.45) is 0 Å². The van der Waals surface area contributed by atoms with Crippen LogP contribution in [0.5, 0.6) is 0 Å². The first kappa shape index (κ1) is 15.1. The Morgan fingerprint density at radius 1 is 1.20 bits per heavy atom. The van der Waals surface area contributed by atoms with Gasteiger partial charge < -0.3 is 5.32 Å². The Morgan fingerprint density at radius 3 is 2.45 bits per heavy atom.